The maximum Gasteiger partial charge on any atom is 0.278 e. The lowest BCUT2D eigenvalue weighted by Crippen LogP contribution is -2.44. The molecule has 1 aliphatic carbocycles. The number of rotatable bonds is 1. The lowest BCUT2D eigenvalue weighted by Gasteiger charge is -2.40. The second-order valence-electron chi connectivity index (χ2n) is 6.08. The Bertz CT molecular complexity index is 716. The van der Waals surface area contributed by atoms with Crippen molar-refractivity contribution in [2.24, 2.45) is 0 Å². The summed E-state index contributed by atoms with van der Waals surface area (Å²) in [5, 5.41) is 4.04. The molecule has 2 aromatic rings. The molecule has 0 bridgehead atoms. The van der Waals surface area contributed by atoms with Crippen molar-refractivity contribution in [3.05, 3.63) is 47.5 Å². The Labute approximate surface area is 124 Å². The number of benzene rings is 2. The molecule has 0 atom stereocenters. The standard InChI is InChI=1S/C18H19NO2/c1-21-19-17(20)15-10-9-13-7-3-4-8-14(13)16(15)18(19)11-5-2-6-12-18/h3-4,7-10H,2,5-6,11-12H2,1H3. The van der Waals surface area contributed by atoms with Crippen LogP contribution in [0.2, 0.25) is 0 Å². The highest BCUT2D eigenvalue weighted by atomic mass is 16.7. The molecule has 3 heteroatoms. The summed E-state index contributed by atoms with van der Waals surface area (Å²) in [5.41, 5.74) is 1.74. The number of nitrogens with zero attached hydrogens (tertiary/aromatic N) is 1. The predicted molar refractivity (Wildman–Crippen MR) is 81.9 cm³/mol. The van der Waals surface area contributed by atoms with E-state index in [0.717, 1.165) is 31.2 Å². The van der Waals surface area contributed by atoms with E-state index in [4.69, 9.17) is 4.84 Å². The molecule has 0 N–H and O–H groups in total. The normalized spacial score (nSPS) is 20.2. The van der Waals surface area contributed by atoms with E-state index in [1.54, 1.807) is 12.2 Å². The van der Waals surface area contributed by atoms with E-state index in [9.17, 15) is 4.79 Å². The smallest absolute Gasteiger partial charge is 0.273 e. The van der Waals surface area contributed by atoms with E-state index < -0.39 is 0 Å². The Morgan fingerprint density at radius 2 is 1.81 bits per heavy atom. The molecule has 1 fully saturated rings. The second-order valence-corrected chi connectivity index (χ2v) is 6.08. The third-order valence-corrected chi connectivity index (χ3v) is 5.06. The number of hydrogen-bond acceptors (Lipinski definition) is 2. The van der Waals surface area contributed by atoms with Crippen LogP contribution >= 0.6 is 0 Å². The monoisotopic (exact) mass is 281 g/mol. The Kier molecular flexibility index (Phi) is 2.79. The lowest BCUT2D eigenvalue weighted by molar-refractivity contribution is -0.169. The van der Waals surface area contributed by atoms with Crippen LogP contribution in [0.15, 0.2) is 36.4 Å². The van der Waals surface area contributed by atoms with Crippen LogP contribution in [-0.2, 0) is 10.4 Å². The molecular weight excluding hydrogens is 262 g/mol. The van der Waals surface area contributed by atoms with Gasteiger partial charge >= 0.3 is 0 Å². The van der Waals surface area contributed by atoms with Crippen molar-refractivity contribution in [2.75, 3.05) is 7.11 Å². The zero-order chi connectivity index (χ0) is 14.4. The van der Waals surface area contributed by atoms with Crippen LogP contribution in [0.1, 0.15) is 48.0 Å². The van der Waals surface area contributed by atoms with Crippen LogP contribution in [0, 0.1) is 0 Å². The number of fused-ring (bicyclic) bond motifs is 4. The van der Waals surface area contributed by atoms with Crippen LogP contribution < -0.4 is 0 Å². The SMILES string of the molecule is CON1C(=O)c2ccc3ccccc3c2C12CCCCC2. The molecule has 2 aliphatic rings. The van der Waals surface area contributed by atoms with Gasteiger partial charge in [0.25, 0.3) is 5.91 Å². The van der Waals surface area contributed by atoms with Crippen molar-refractivity contribution in [3.8, 4) is 0 Å². The van der Waals surface area contributed by atoms with Gasteiger partial charge in [0.2, 0.25) is 0 Å². The van der Waals surface area contributed by atoms with Gasteiger partial charge in [-0.25, -0.2) is 5.06 Å². The quantitative estimate of drug-likeness (QED) is 0.790. The first-order valence-corrected chi connectivity index (χ1v) is 7.69. The molecule has 0 radical (unpaired) electrons. The molecule has 0 saturated heterocycles. The Morgan fingerprint density at radius 3 is 2.57 bits per heavy atom. The van der Waals surface area contributed by atoms with Crippen molar-refractivity contribution in [2.45, 2.75) is 37.6 Å². The first-order chi connectivity index (χ1) is 10.3. The fourth-order valence-corrected chi connectivity index (χ4v) is 4.20. The largest absolute Gasteiger partial charge is 0.278 e. The van der Waals surface area contributed by atoms with Crippen molar-refractivity contribution in [1.29, 1.82) is 0 Å². The van der Waals surface area contributed by atoms with E-state index in [0.29, 0.717) is 0 Å². The van der Waals surface area contributed by atoms with Crippen LogP contribution in [0.5, 0.6) is 0 Å². The first-order valence-electron chi connectivity index (χ1n) is 7.69. The van der Waals surface area contributed by atoms with Gasteiger partial charge in [0.1, 0.15) is 0 Å². The molecule has 1 heterocycles. The molecule has 21 heavy (non-hydrogen) atoms. The van der Waals surface area contributed by atoms with Crippen molar-refractivity contribution >= 4 is 16.7 Å². The fraction of sp³-hybridized carbons (Fsp3) is 0.389. The number of carbonyl (C=O) groups excluding carboxylic acids is 1. The van der Waals surface area contributed by atoms with Gasteiger partial charge in [-0.2, -0.15) is 0 Å². The fourth-order valence-electron chi connectivity index (χ4n) is 4.20. The molecule has 2 aromatic carbocycles. The van der Waals surface area contributed by atoms with Crippen molar-refractivity contribution < 1.29 is 9.63 Å². The summed E-state index contributed by atoms with van der Waals surface area (Å²) in [7, 11) is 1.61. The maximum absolute atomic E-state index is 12.7. The van der Waals surface area contributed by atoms with Gasteiger partial charge < -0.3 is 0 Å². The minimum atomic E-state index is -0.264. The zero-order valence-corrected chi connectivity index (χ0v) is 12.3. The van der Waals surface area contributed by atoms with Gasteiger partial charge in [-0.05, 0) is 29.7 Å². The Morgan fingerprint density at radius 1 is 1.05 bits per heavy atom. The molecule has 1 spiro atoms. The number of hydroxylamine groups is 2. The van der Waals surface area contributed by atoms with Gasteiger partial charge in [0.05, 0.1) is 12.6 Å². The molecule has 1 amide bonds. The topological polar surface area (TPSA) is 29.5 Å². The summed E-state index contributed by atoms with van der Waals surface area (Å²) in [6.45, 7) is 0. The molecule has 1 saturated carbocycles. The van der Waals surface area contributed by atoms with E-state index in [2.05, 4.69) is 18.2 Å². The summed E-state index contributed by atoms with van der Waals surface area (Å²) in [6.07, 6.45) is 5.53. The Hall–Kier alpha value is -1.87. The average molecular weight is 281 g/mol. The van der Waals surface area contributed by atoms with E-state index in [-0.39, 0.29) is 11.4 Å². The molecule has 3 nitrogen and oxygen atoms in total. The summed E-state index contributed by atoms with van der Waals surface area (Å²) in [5.74, 6) is 0.0140. The predicted octanol–water partition coefficient (Wildman–Crippen LogP) is 4.02. The Balaban J connectivity index is 2.05. The molecule has 108 valence electrons. The second kappa shape index (κ2) is 4.57. The zero-order valence-electron chi connectivity index (χ0n) is 12.3. The number of hydrogen-bond donors (Lipinski definition) is 0. The van der Waals surface area contributed by atoms with Crippen LogP contribution in [0.25, 0.3) is 10.8 Å². The summed E-state index contributed by atoms with van der Waals surface area (Å²) in [4.78, 5) is 18.3. The van der Waals surface area contributed by atoms with E-state index in [1.165, 1.54) is 22.8 Å². The highest BCUT2D eigenvalue weighted by Gasteiger charge is 2.51. The van der Waals surface area contributed by atoms with Crippen LogP contribution in [0.3, 0.4) is 0 Å². The molecule has 0 aromatic heterocycles. The molecular formula is C18H19NO2. The minimum Gasteiger partial charge on any atom is -0.273 e. The maximum atomic E-state index is 12.7. The van der Waals surface area contributed by atoms with Gasteiger partial charge in [0, 0.05) is 11.1 Å². The number of amides is 1. The van der Waals surface area contributed by atoms with E-state index >= 15 is 0 Å². The van der Waals surface area contributed by atoms with Crippen molar-refractivity contribution in [1.82, 2.24) is 5.06 Å². The highest BCUT2D eigenvalue weighted by Crippen LogP contribution is 2.51. The molecule has 0 unspecified atom stereocenters. The summed E-state index contributed by atoms with van der Waals surface area (Å²) in [6, 6.07) is 12.4. The van der Waals surface area contributed by atoms with Crippen molar-refractivity contribution in [3.63, 3.8) is 0 Å². The lowest BCUT2D eigenvalue weighted by atomic mass is 9.75. The van der Waals surface area contributed by atoms with Crippen LogP contribution in [0.4, 0.5) is 0 Å². The van der Waals surface area contributed by atoms with E-state index in [1.807, 2.05) is 18.2 Å². The van der Waals surface area contributed by atoms with Gasteiger partial charge in [-0.1, -0.05) is 49.6 Å². The average Bonchev–Trinajstić information content (AvgIpc) is 2.77. The third kappa shape index (κ3) is 1.61. The summed E-state index contributed by atoms with van der Waals surface area (Å²) >= 11 is 0. The first kappa shape index (κ1) is 12.8. The minimum absolute atomic E-state index is 0.0140. The van der Waals surface area contributed by atoms with Gasteiger partial charge in [-0.3, -0.25) is 9.63 Å². The third-order valence-electron chi connectivity index (χ3n) is 5.06. The number of carbonyl (C=O) groups is 1. The van der Waals surface area contributed by atoms with Crippen LogP contribution in [-0.4, -0.2) is 18.1 Å². The highest BCUT2D eigenvalue weighted by molar-refractivity contribution is 6.05. The van der Waals surface area contributed by atoms with Gasteiger partial charge in [0.15, 0.2) is 0 Å². The molecule has 4 rings (SSSR count). The molecule has 1 aliphatic heterocycles. The van der Waals surface area contributed by atoms with Gasteiger partial charge in [-0.15, -0.1) is 0 Å². The summed E-state index contributed by atoms with van der Waals surface area (Å²) < 4.78 is 0.